The molecule has 4 heteroatoms. The zero-order chi connectivity index (χ0) is 10.7. The van der Waals surface area contributed by atoms with Crippen molar-refractivity contribution in [2.75, 3.05) is 5.33 Å². The van der Waals surface area contributed by atoms with Crippen molar-refractivity contribution in [1.82, 2.24) is 0 Å². The van der Waals surface area contributed by atoms with E-state index in [1.54, 1.807) is 6.07 Å². The lowest BCUT2D eigenvalue weighted by Crippen LogP contribution is -2.07. The molecule has 0 fully saturated rings. The van der Waals surface area contributed by atoms with Crippen molar-refractivity contribution in [2.45, 2.75) is 6.92 Å². The van der Waals surface area contributed by atoms with Gasteiger partial charge in [-0.3, -0.25) is 9.59 Å². The lowest BCUT2D eigenvalue weighted by Gasteiger charge is -2.06. The van der Waals surface area contributed by atoms with Crippen LogP contribution >= 0.6 is 38.5 Å². The Kier molecular flexibility index (Phi) is 4.25. The van der Waals surface area contributed by atoms with Gasteiger partial charge in [-0.25, -0.2) is 0 Å². The van der Waals surface area contributed by atoms with Gasteiger partial charge >= 0.3 is 0 Å². The van der Waals surface area contributed by atoms with Crippen LogP contribution in [0.2, 0.25) is 0 Å². The van der Waals surface area contributed by atoms with E-state index in [2.05, 4.69) is 38.5 Å². The second-order valence-electron chi connectivity index (χ2n) is 2.86. The SMILES string of the molecule is Cc1cc(I)cc(C=O)c1C(=O)CBr. The average molecular weight is 367 g/mol. The topological polar surface area (TPSA) is 34.1 Å². The number of aldehydes is 1. The fraction of sp³-hybridized carbons (Fsp3) is 0.200. The molecule has 0 bridgehead atoms. The fourth-order valence-electron chi connectivity index (χ4n) is 1.31. The number of Topliss-reactive ketones (excluding diaryl/α,β-unsaturated/α-hetero) is 1. The highest BCUT2D eigenvalue weighted by atomic mass is 127. The first-order chi connectivity index (χ1) is 6.60. The van der Waals surface area contributed by atoms with E-state index in [0.717, 1.165) is 15.4 Å². The van der Waals surface area contributed by atoms with E-state index in [9.17, 15) is 9.59 Å². The van der Waals surface area contributed by atoms with Crippen molar-refractivity contribution < 1.29 is 9.59 Å². The van der Waals surface area contributed by atoms with Gasteiger partial charge in [-0.2, -0.15) is 0 Å². The number of alkyl halides is 1. The number of benzene rings is 1. The second kappa shape index (κ2) is 5.02. The van der Waals surface area contributed by atoms with Crippen molar-refractivity contribution in [3.8, 4) is 0 Å². The van der Waals surface area contributed by atoms with E-state index in [-0.39, 0.29) is 11.1 Å². The Morgan fingerprint density at radius 2 is 2.21 bits per heavy atom. The first-order valence-electron chi connectivity index (χ1n) is 3.94. The first kappa shape index (κ1) is 11.8. The molecule has 0 aliphatic carbocycles. The molecule has 1 rings (SSSR count). The highest BCUT2D eigenvalue weighted by Gasteiger charge is 2.13. The van der Waals surface area contributed by atoms with Crippen molar-refractivity contribution >= 4 is 50.6 Å². The van der Waals surface area contributed by atoms with Gasteiger partial charge in [-0.15, -0.1) is 0 Å². The monoisotopic (exact) mass is 366 g/mol. The maximum Gasteiger partial charge on any atom is 0.174 e. The van der Waals surface area contributed by atoms with Crippen LogP contribution in [0.1, 0.15) is 26.3 Å². The van der Waals surface area contributed by atoms with Crippen molar-refractivity contribution in [2.24, 2.45) is 0 Å². The Labute approximate surface area is 104 Å². The molecular weight excluding hydrogens is 359 g/mol. The number of halogens is 2. The Bertz CT molecular complexity index is 388. The summed E-state index contributed by atoms with van der Waals surface area (Å²) in [6.07, 6.45) is 0.727. The van der Waals surface area contributed by atoms with Gasteiger partial charge in [0.05, 0.1) is 5.33 Å². The van der Waals surface area contributed by atoms with Crippen LogP contribution in [0, 0.1) is 10.5 Å². The summed E-state index contributed by atoms with van der Waals surface area (Å²) in [7, 11) is 0. The molecule has 0 spiro atoms. The third-order valence-corrected chi connectivity index (χ3v) is 2.99. The number of aryl methyl sites for hydroxylation is 1. The molecule has 0 N–H and O–H groups in total. The molecule has 0 unspecified atom stereocenters. The molecule has 0 radical (unpaired) electrons. The summed E-state index contributed by atoms with van der Waals surface area (Å²) in [5.74, 6) is -0.0546. The minimum atomic E-state index is -0.0546. The smallest absolute Gasteiger partial charge is 0.174 e. The second-order valence-corrected chi connectivity index (χ2v) is 4.67. The predicted octanol–water partition coefficient (Wildman–Crippen LogP) is 2.99. The maximum atomic E-state index is 11.5. The molecule has 74 valence electrons. The molecule has 0 saturated carbocycles. The largest absolute Gasteiger partial charge is 0.298 e. The molecule has 1 aromatic carbocycles. The Balaban J connectivity index is 3.39. The van der Waals surface area contributed by atoms with Crippen LogP contribution in [0.3, 0.4) is 0 Å². The lowest BCUT2D eigenvalue weighted by molar-refractivity contribution is 0.101. The summed E-state index contributed by atoms with van der Waals surface area (Å²) in [6, 6.07) is 3.61. The van der Waals surface area contributed by atoms with Gasteiger partial charge in [-0.1, -0.05) is 15.9 Å². The van der Waals surface area contributed by atoms with Crippen LogP contribution in [0.25, 0.3) is 0 Å². The normalized spacial score (nSPS) is 9.93. The standard InChI is InChI=1S/C10H8BrIO2/c1-6-2-8(12)3-7(5-13)10(6)9(14)4-11/h2-3,5H,4H2,1H3. The van der Waals surface area contributed by atoms with E-state index in [0.29, 0.717) is 11.1 Å². The first-order valence-corrected chi connectivity index (χ1v) is 6.14. The minimum absolute atomic E-state index is 0.0546. The van der Waals surface area contributed by atoms with Gasteiger partial charge in [-0.05, 0) is 47.2 Å². The molecule has 14 heavy (non-hydrogen) atoms. The molecule has 0 heterocycles. The van der Waals surface area contributed by atoms with Crippen molar-refractivity contribution in [3.63, 3.8) is 0 Å². The molecule has 0 aromatic heterocycles. The number of carbonyl (C=O) groups excluding carboxylic acids is 2. The Hall–Kier alpha value is -0.230. The van der Waals surface area contributed by atoms with Gasteiger partial charge in [0.1, 0.15) is 0 Å². The molecule has 1 aromatic rings. The van der Waals surface area contributed by atoms with E-state index in [1.165, 1.54) is 0 Å². The summed E-state index contributed by atoms with van der Waals surface area (Å²) in [5.41, 5.74) is 1.85. The Morgan fingerprint density at radius 1 is 1.57 bits per heavy atom. The molecule has 0 amide bonds. The predicted molar refractivity (Wildman–Crippen MR) is 67.4 cm³/mol. The van der Waals surface area contributed by atoms with E-state index in [4.69, 9.17) is 0 Å². The van der Waals surface area contributed by atoms with Crippen LogP contribution in [0.15, 0.2) is 12.1 Å². The minimum Gasteiger partial charge on any atom is -0.298 e. The van der Waals surface area contributed by atoms with Gasteiger partial charge in [0, 0.05) is 14.7 Å². The lowest BCUT2D eigenvalue weighted by atomic mass is 10.00. The van der Waals surface area contributed by atoms with Gasteiger partial charge in [0.25, 0.3) is 0 Å². The number of carbonyl (C=O) groups is 2. The number of hydrogen-bond acceptors (Lipinski definition) is 2. The van der Waals surface area contributed by atoms with Crippen molar-refractivity contribution in [1.29, 1.82) is 0 Å². The van der Waals surface area contributed by atoms with E-state index < -0.39 is 0 Å². The van der Waals surface area contributed by atoms with Crippen LogP contribution in [0.4, 0.5) is 0 Å². The summed E-state index contributed by atoms with van der Waals surface area (Å²) < 4.78 is 0.966. The van der Waals surface area contributed by atoms with Gasteiger partial charge < -0.3 is 0 Å². The quantitative estimate of drug-likeness (QED) is 0.356. The summed E-state index contributed by atoms with van der Waals surface area (Å²) in [6.45, 7) is 1.84. The molecule has 0 aliphatic heterocycles. The molecule has 0 aliphatic rings. The average Bonchev–Trinajstić information content (AvgIpc) is 2.15. The number of rotatable bonds is 3. The third kappa shape index (κ3) is 2.42. The molecule has 2 nitrogen and oxygen atoms in total. The highest BCUT2D eigenvalue weighted by Crippen LogP contribution is 2.18. The molecule has 0 atom stereocenters. The van der Waals surface area contributed by atoms with Crippen LogP contribution < -0.4 is 0 Å². The number of hydrogen-bond donors (Lipinski definition) is 0. The highest BCUT2D eigenvalue weighted by molar-refractivity contribution is 14.1. The zero-order valence-electron chi connectivity index (χ0n) is 7.51. The van der Waals surface area contributed by atoms with E-state index in [1.807, 2.05) is 13.0 Å². The summed E-state index contributed by atoms with van der Waals surface area (Å²) in [5, 5.41) is 0.245. The number of ketones is 1. The van der Waals surface area contributed by atoms with Gasteiger partial charge in [0.2, 0.25) is 0 Å². The fourth-order valence-corrected chi connectivity index (χ4v) is 2.39. The van der Waals surface area contributed by atoms with E-state index >= 15 is 0 Å². The zero-order valence-corrected chi connectivity index (χ0v) is 11.3. The molecular formula is C10H8BrIO2. The molecule has 0 saturated heterocycles. The van der Waals surface area contributed by atoms with Gasteiger partial charge in [0.15, 0.2) is 12.1 Å². The van der Waals surface area contributed by atoms with Crippen molar-refractivity contribution in [3.05, 3.63) is 32.4 Å². The Morgan fingerprint density at radius 3 is 2.71 bits per heavy atom. The summed E-state index contributed by atoms with van der Waals surface area (Å²) >= 11 is 5.22. The van der Waals surface area contributed by atoms with Crippen LogP contribution in [-0.2, 0) is 0 Å². The third-order valence-electron chi connectivity index (χ3n) is 1.86. The summed E-state index contributed by atoms with van der Waals surface area (Å²) in [4.78, 5) is 22.3. The van der Waals surface area contributed by atoms with Crippen LogP contribution in [0.5, 0.6) is 0 Å². The maximum absolute atomic E-state index is 11.5. The van der Waals surface area contributed by atoms with Crippen LogP contribution in [-0.4, -0.2) is 17.4 Å².